The molecule has 0 aromatic carbocycles. The summed E-state index contributed by atoms with van der Waals surface area (Å²) < 4.78 is 2.09. The Bertz CT molecular complexity index is 233. The molecule has 0 atom stereocenters. The van der Waals surface area contributed by atoms with E-state index in [2.05, 4.69) is 43.9 Å². The summed E-state index contributed by atoms with van der Waals surface area (Å²) in [6, 6.07) is 2.15. The van der Waals surface area contributed by atoms with Crippen molar-refractivity contribution in [3.05, 3.63) is 29.6 Å². The van der Waals surface area contributed by atoms with Crippen LogP contribution in [0.5, 0.6) is 0 Å². The SMILES string of the molecule is CCc1c[n+](C)ccc1C.[Br-]. The van der Waals surface area contributed by atoms with E-state index in [0.29, 0.717) is 0 Å². The molecule has 0 unspecified atom stereocenters. The van der Waals surface area contributed by atoms with Crippen LogP contribution >= 0.6 is 0 Å². The van der Waals surface area contributed by atoms with E-state index in [1.807, 2.05) is 0 Å². The Morgan fingerprint density at radius 3 is 2.55 bits per heavy atom. The van der Waals surface area contributed by atoms with E-state index in [1.54, 1.807) is 0 Å². The highest BCUT2D eigenvalue weighted by Crippen LogP contribution is 2.02. The number of aryl methyl sites for hydroxylation is 3. The van der Waals surface area contributed by atoms with Gasteiger partial charge in [-0.2, -0.15) is 0 Å². The van der Waals surface area contributed by atoms with Crippen molar-refractivity contribution in [2.24, 2.45) is 7.05 Å². The highest BCUT2D eigenvalue weighted by Gasteiger charge is 1.98. The number of halogens is 1. The van der Waals surface area contributed by atoms with Gasteiger partial charge in [-0.15, -0.1) is 0 Å². The average Bonchev–Trinajstić information content (AvgIpc) is 1.94. The quantitative estimate of drug-likeness (QED) is 0.497. The van der Waals surface area contributed by atoms with Crippen molar-refractivity contribution in [3.63, 3.8) is 0 Å². The second-order valence-corrected chi connectivity index (χ2v) is 2.67. The summed E-state index contributed by atoms with van der Waals surface area (Å²) in [7, 11) is 2.05. The second-order valence-electron chi connectivity index (χ2n) is 2.67. The standard InChI is InChI=1S/C9H14N.BrH/c1-4-9-7-10(3)6-5-8(9)2;/h5-7H,4H2,1-3H3;1H/q+1;/p-1. The Kier molecular flexibility index (Phi) is 4.34. The molecule has 0 spiro atoms. The number of nitrogens with zero attached hydrogens (tertiary/aromatic N) is 1. The van der Waals surface area contributed by atoms with Crippen LogP contribution < -0.4 is 21.5 Å². The smallest absolute Gasteiger partial charge is 0.171 e. The summed E-state index contributed by atoms with van der Waals surface area (Å²) in [5.41, 5.74) is 2.82. The van der Waals surface area contributed by atoms with Crippen LogP contribution in [0.25, 0.3) is 0 Å². The van der Waals surface area contributed by atoms with Crippen molar-refractivity contribution in [1.29, 1.82) is 0 Å². The van der Waals surface area contributed by atoms with Gasteiger partial charge >= 0.3 is 0 Å². The van der Waals surface area contributed by atoms with Crippen LogP contribution in [-0.4, -0.2) is 0 Å². The Morgan fingerprint density at radius 1 is 1.45 bits per heavy atom. The van der Waals surface area contributed by atoms with Gasteiger partial charge in [-0.3, -0.25) is 0 Å². The van der Waals surface area contributed by atoms with Crippen molar-refractivity contribution in [3.8, 4) is 0 Å². The Hall–Kier alpha value is -0.370. The molecular weight excluding hydrogens is 202 g/mol. The molecule has 0 aliphatic carbocycles. The van der Waals surface area contributed by atoms with Crippen molar-refractivity contribution in [2.75, 3.05) is 0 Å². The number of pyridine rings is 1. The van der Waals surface area contributed by atoms with Crippen LogP contribution in [0, 0.1) is 6.92 Å². The van der Waals surface area contributed by atoms with Crippen LogP contribution in [0.4, 0.5) is 0 Å². The lowest BCUT2D eigenvalue weighted by Crippen LogP contribution is -3.00. The molecular formula is C9H14BrN. The monoisotopic (exact) mass is 215 g/mol. The van der Waals surface area contributed by atoms with Gasteiger partial charge in [0, 0.05) is 11.6 Å². The molecule has 0 aliphatic rings. The summed E-state index contributed by atoms with van der Waals surface area (Å²) in [6.07, 6.45) is 5.38. The molecule has 62 valence electrons. The molecule has 0 amide bonds. The molecule has 0 fully saturated rings. The number of hydrogen-bond acceptors (Lipinski definition) is 0. The minimum atomic E-state index is 0. The highest BCUT2D eigenvalue weighted by molar-refractivity contribution is 5.18. The topological polar surface area (TPSA) is 3.88 Å². The molecule has 2 heteroatoms. The first-order valence-corrected chi connectivity index (χ1v) is 3.68. The molecule has 0 radical (unpaired) electrons. The average molecular weight is 216 g/mol. The van der Waals surface area contributed by atoms with Gasteiger partial charge in [-0.05, 0) is 18.9 Å². The van der Waals surface area contributed by atoms with E-state index in [-0.39, 0.29) is 17.0 Å². The van der Waals surface area contributed by atoms with Gasteiger partial charge in [-0.1, -0.05) is 6.92 Å². The van der Waals surface area contributed by atoms with E-state index in [9.17, 15) is 0 Å². The molecule has 1 aromatic heterocycles. The maximum absolute atomic E-state index is 2.18. The largest absolute Gasteiger partial charge is 1.00 e. The fraction of sp³-hybridized carbons (Fsp3) is 0.444. The normalized spacial score (nSPS) is 9.00. The fourth-order valence-electron chi connectivity index (χ4n) is 1.10. The minimum absolute atomic E-state index is 0. The summed E-state index contributed by atoms with van der Waals surface area (Å²) in [6.45, 7) is 4.33. The second kappa shape index (κ2) is 4.50. The van der Waals surface area contributed by atoms with E-state index in [0.717, 1.165) is 6.42 Å². The maximum atomic E-state index is 2.18. The molecule has 0 aliphatic heterocycles. The summed E-state index contributed by atoms with van der Waals surface area (Å²) >= 11 is 0. The van der Waals surface area contributed by atoms with Crippen molar-refractivity contribution in [1.82, 2.24) is 0 Å². The first-order valence-electron chi connectivity index (χ1n) is 3.68. The molecule has 0 saturated heterocycles. The molecule has 1 heterocycles. The third-order valence-corrected chi connectivity index (χ3v) is 1.81. The van der Waals surface area contributed by atoms with Gasteiger partial charge in [0.15, 0.2) is 12.4 Å². The van der Waals surface area contributed by atoms with Crippen LogP contribution in [0.3, 0.4) is 0 Å². The third-order valence-electron chi connectivity index (χ3n) is 1.81. The van der Waals surface area contributed by atoms with Crippen molar-refractivity contribution >= 4 is 0 Å². The first kappa shape index (κ1) is 10.6. The lowest BCUT2D eigenvalue weighted by Gasteiger charge is -1.97. The number of aromatic nitrogens is 1. The summed E-state index contributed by atoms with van der Waals surface area (Å²) in [4.78, 5) is 0. The van der Waals surface area contributed by atoms with E-state index < -0.39 is 0 Å². The van der Waals surface area contributed by atoms with Crippen LogP contribution in [0.1, 0.15) is 18.1 Å². The van der Waals surface area contributed by atoms with E-state index >= 15 is 0 Å². The van der Waals surface area contributed by atoms with Gasteiger partial charge in [0.1, 0.15) is 7.05 Å². The molecule has 11 heavy (non-hydrogen) atoms. The summed E-state index contributed by atoms with van der Waals surface area (Å²) in [5.74, 6) is 0. The van der Waals surface area contributed by atoms with E-state index in [4.69, 9.17) is 0 Å². The molecule has 0 bridgehead atoms. The van der Waals surface area contributed by atoms with Crippen LogP contribution in [0.15, 0.2) is 18.5 Å². The molecule has 1 rings (SSSR count). The minimum Gasteiger partial charge on any atom is -1.00 e. The van der Waals surface area contributed by atoms with Gasteiger partial charge in [0.25, 0.3) is 0 Å². The van der Waals surface area contributed by atoms with Crippen LogP contribution in [-0.2, 0) is 13.5 Å². The fourth-order valence-corrected chi connectivity index (χ4v) is 1.10. The van der Waals surface area contributed by atoms with Crippen molar-refractivity contribution in [2.45, 2.75) is 20.3 Å². The van der Waals surface area contributed by atoms with Gasteiger partial charge in [0.05, 0.1) is 0 Å². The van der Waals surface area contributed by atoms with Gasteiger partial charge < -0.3 is 17.0 Å². The van der Waals surface area contributed by atoms with Gasteiger partial charge in [0.2, 0.25) is 0 Å². The Labute approximate surface area is 78.8 Å². The van der Waals surface area contributed by atoms with Gasteiger partial charge in [-0.25, -0.2) is 4.57 Å². The lowest BCUT2D eigenvalue weighted by atomic mass is 10.1. The molecule has 0 N–H and O–H groups in total. The molecule has 1 nitrogen and oxygen atoms in total. The van der Waals surface area contributed by atoms with Crippen LogP contribution in [0.2, 0.25) is 0 Å². The predicted molar refractivity (Wildman–Crippen MR) is 41.7 cm³/mol. The highest BCUT2D eigenvalue weighted by atomic mass is 79.9. The molecule has 1 aromatic rings. The van der Waals surface area contributed by atoms with E-state index in [1.165, 1.54) is 11.1 Å². The number of hydrogen-bond donors (Lipinski definition) is 0. The zero-order valence-electron chi connectivity index (χ0n) is 7.26. The predicted octanol–water partition coefficient (Wildman–Crippen LogP) is -1.61. The maximum Gasteiger partial charge on any atom is 0.171 e. The molecule has 0 saturated carbocycles. The Balaban J connectivity index is 0.000001000. The zero-order chi connectivity index (χ0) is 7.56. The zero-order valence-corrected chi connectivity index (χ0v) is 8.85. The van der Waals surface area contributed by atoms with Crippen molar-refractivity contribution < 1.29 is 21.5 Å². The summed E-state index contributed by atoms with van der Waals surface area (Å²) in [5, 5.41) is 0. The first-order chi connectivity index (χ1) is 4.74. The lowest BCUT2D eigenvalue weighted by molar-refractivity contribution is -0.672. The third kappa shape index (κ3) is 2.62. The number of rotatable bonds is 1. The Morgan fingerprint density at radius 2 is 2.09 bits per heavy atom.